The zero-order valence-electron chi connectivity index (χ0n) is 12.3. The summed E-state index contributed by atoms with van der Waals surface area (Å²) in [6.45, 7) is 1.45. The molecule has 0 fully saturated rings. The number of carboxylic acid groups (broad SMARTS) is 1. The third kappa shape index (κ3) is 4.92. The van der Waals surface area contributed by atoms with Gasteiger partial charge in [0.15, 0.2) is 6.10 Å². The number of amides is 1. The Bertz CT molecular complexity index is 699. The summed E-state index contributed by atoms with van der Waals surface area (Å²) in [6.07, 6.45) is 3.60. The molecule has 1 aromatic carbocycles. The Balaban J connectivity index is 1.90. The van der Waals surface area contributed by atoms with Crippen LogP contribution in [0.1, 0.15) is 22.8 Å². The van der Waals surface area contributed by atoms with E-state index in [2.05, 4.69) is 15.5 Å². The molecule has 1 amide bonds. The van der Waals surface area contributed by atoms with E-state index in [-0.39, 0.29) is 5.91 Å². The molecule has 1 aromatic heterocycles. The quantitative estimate of drug-likeness (QED) is 0.624. The summed E-state index contributed by atoms with van der Waals surface area (Å²) in [4.78, 5) is 26.3. The highest BCUT2D eigenvalue weighted by Crippen LogP contribution is 2.13. The maximum Gasteiger partial charge on any atom is 0.344 e. The smallest absolute Gasteiger partial charge is 0.344 e. The Morgan fingerprint density at radius 1 is 1.22 bits per heavy atom. The monoisotopic (exact) mass is 313 g/mol. The van der Waals surface area contributed by atoms with Gasteiger partial charge in [0.05, 0.1) is 6.21 Å². The summed E-state index contributed by atoms with van der Waals surface area (Å²) in [5.74, 6) is -0.925. The van der Waals surface area contributed by atoms with Gasteiger partial charge in [-0.3, -0.25) is 9.78 Å². The lowest BCUT2D eigenvalue weighted by atomic mass is 10.2. The fraction of sp³-hybridized carbons (Fsp3) is 0.125. The van der Waals surface area contributed by atoms with Gasteiger partial charge in [0.1, 0.15) is 5.75 Å². The summed E-state index contributed by atoms with van der Waals surface area (Å²) < 4.78 is 5.21. The van der Waals surface area contributed by atoms with Crippen molar-refractivity contribution >= 4 is 18.1 Å². The maximum atomic E-state index is 11.7. The van der Waals surface area contributed by atoms with Crippen molar-refractivity contribution in [3.8, 4) is 5.75 Å². The van der Waals surface area contributed by atoms with E-state index in [1.165, 1.54) is 25.5 Å². The van der Waals surface area contributed by atoms with E-state index in [0.29, 0.717) is 11.3 Å². The van der Waals surface area contributed by atoms with Crippen LogP contribution in [0.3, 0.4) is 0 Å². The van der Waals surface area contributed by atoms with Crippen LogP contribution in [0.15, 0.2) is 53.9 Å². The molecule has 0 unspecified atom stereocenters. The van der Waals surface area contributed by atoms with Crippen molar-refractivity contribution in [1.29, 1.82) is 0 Å². The van der Waals surface area contributed by atoms with Gasteiger partial charge in [0.2, 0.25) is 0 Å². The summed E-state index contributed by atoms with van der Waals surface area (Å²) in [5.41, 5.74) is 3.60. The van der Waals surface area contributed by atoms with Gasteiger partial charge < -0.3 is 9.84 Å². The fourth-order valence-electron chi connectivity index (χ4n) is 1.62. The number of hydrogen-bond donors (Lipinski definition) is 2. The number of aliphatic carboxylic acids is 1. The van der Waals surface area contributed by atoms with E-state index >= 15 is 0 Å². The second-order valence-electron chi connectivity index (χ2n) is 4.60. The molecule has 0 aliphatic heterocycles. The predicted molar refractivity (Wildman–Crippen MR) is 83.5 cm³/mol. The minimum absolute atomic E-state index is 0.334. The molecule has 118 valence electrons. The van der Waals surface area contributed by atoms with Crippen LogP contribution < -0.4 is 10.2 Å². The number of aromatic nitrogens is 1. The van der Waals surface area contributed by atoms with Crippen molar-refractivity contribution in [2.24, 2.45) is 5.10 Å². The minimum Gasteiger partial charge on any atom is -0.479 e. The highest BCUT2D eigenvalue weighted by atomic mass is 16.5. The molecule has 0 aliphatic carbocycles. The Morgan fingerprint density at radius 3 is 2.48 bits per heavy atom. The summed E-state index contributed by atoms with van der Waals surface area (Å²) in [6, 6.07) is 9.83. The van der Waals surface area contributed by atoms with E-state index < -0.39 is 12.1 Å². The lowest BCUT2D eigenvalue weighted by Gasteiger charge is -2.09. The van der Waals surface area contributed by atoms with Crippen molar-refractivity contribution in [2.45, 2.75) is 13.0 Å². The highest BCUT2D eigenvalue weighted by molar-refractivity contribution is 5.94. The summed E-state index contributed by atoms with van der Waals surface area (Å²) in [5, 5.41) is 12.6. The molecule has 0 saturated carbocycles. The van der Waals surface area contributed by atoms with E-state index in [1.807, 2.05) is 0 Å². The first-order valence-electron chi connectivity index (χ1n) is 6.79. The normalized spacial score (nSPS) is 11.9. The third-order valence-electron chi connectivity index (χ3n) is 2.86. The third-order valence-corrected chi connectivity index (χ3v) is 2.86. The number of carbonyl (C=O) groups excluding carboxylic acids is 1. The number of ether oxygens (including phenoxy) is 1. The number of rotatable bonds is 6. The van der Waals surface area contributed by atoms with Crippen molar-refractivity contribution in [3.05, 3.63) is 59.9 Å². The average Bonchev–Trinajstić information content (AvgIpc) is 2.57. The molecule has 0 radical (unpaired) electrons. The molecule has 0 saturated heterocycles. The standard InChI is InChI=1S/C16H15N3O4/c1-11(16(21)22)23-14-4-2-12(3-5-14)10-18-19-15(20)13-6-8-17-9-7-13/h2-11H,1H3,(H,19,20)(H,21,22)/b18-10-/t11-/m0/s1. The molecule has 7 nitrogen and oxygen atoms in total. The fourth-order valence-corrected chi connectivity index (χ4v) is 1.62. The molecule has 2 N–H and O–H groups in total. The van der Waals surface area contributed by atoms with Crippen LogP contribution in [0, 0.1) is 0 Å². The first-order chi connectivity index (χ1) is 11.1. The largest absolute Gasteiger partial charge is 0.479 e. The van der Waals surface area contributed by atoms with Gasteiger partial charge in [0.25, 0.3) is 5.91 Å². The van der Waals surface area contributed by atoms with Crippen LogP contribution >= 0.6 is 0 Å². The molecule has 0 aliphatic rings. The lowest BCUT2D eigenvalue weighted by molar-refractivity contribution is -0.144. The molecule has 1 atom stereocenters. The SMILES string of the molecule is C[C@H](Oc1ccc(/C=N\NC(=O)c2ccncc2)cc1)C(=O)O. The van der Waals surface area contributed by atoms with E-state index in [4.69, 9.17) is 9.84 Å². The number of nitrogens with zero attached hydrogens (tertiary/aromatic N) is 2. The van der Waals surface area contributed by atoms with Crippen LogP contribution in [0.4, 0.5) is 0 Å². The van der Waals surface area contributed by atoms with Crippen LogP contribution in [0.2, 0.25) is 0 Å². The lowest BCUT2D eigenvalue weighted by Crippen LogP contribution is -2.22. The van der Waals surface area contributed by atoms with Gasteiger partial charge in [-0.05, 0) is 48.9 Å². The molecule has 1 heterocycles. The molecule has 0 spiro atoms. The molecule has 23 heavy (non-hydrogen) atoms. The van der Waals surface area contributed by atoms with Gasteiger partial charge in [-0.1, -0.05) is 0 Å². The highest BCUT2D eigenvalue weighted by Gasteiger charge is 2.11. The topological polar surface area (TPSA) is 101 Å². The maximum absolute atomic E-state index is 11.7. The van der Waals surface area contributed by atoms with Gasteiger partial charge >= 0.3 is 5.97 Å². The number of benzene rings is 1. The van der Waals surface area contributed by atoms with Crippen molar-refractivity contribution in [1.82, 2.24) is 10.4 Å². The van der Waals surface area contributed by atoms with Crippen molar-refractivity contribution in [3.63, 3.8) is 0 Å². The second kappa shape index (κ2) is 7.69. The van der Waals surface area contributed by atoms with Gasteiger partial charge in [0, 0.05) is 18.0 Å². The Labute approximate surface area is 132 Å². The van der Waals surface area contributed by atoms with Crippen LogP contribution in [-0.4, -0.2) is 34.3 Å². The summed E-state index contributed by atoms with van der Waals surface area (Å²) >= 11 is 0. The molecule has 7 heteroatoms. The molecular formula is C16H15N3O4. The first-order valence-corrected chi connectivity index (χ1v) is 6.79. The zero-order valence-corrected chi connectivity index (χ0v) is 12.3. The van der Waals surface area contributed by atoms with Gasteiger partial charge in [-0.2, -0.15) is 5.10 Å². The van der Waals surface area contributed by atoms with E-state index in [9.17, 15) is 9.59 Å². The summed E-state index contributed by atoms with van der Waals surface area (Å²) in [7, 11) is 0. The van der Waals surface area contributed by atoms with Crippen molar-refractivity contribution in [2.75, 3.05) is 0 Å². The zero-order chi connectivity index (χ0) is 16.7. The first kappa shape index (κ1) is 16.2. The number of pyridine rings is 1. The number of nitrogens with one attached hydrogen (secondary N) is 1. The predicted octanol–water partition coefficient (Wildman–Crippen LogP) is 1.70. The Kier molecular flexibility index (Phi) is 5.40. The Morgan fingerprint density at radius 2 is 1.87 bits per heavy atom. The minimum atomic E-state index is -1.03. The van der Waals surface area contributed by atoms with E-state index in [1.54, 1.807) is 36.4 Å². The number of carbonyl (C=O) groups is 2. The Hall–Kier alpha value is -3.22. The van der Waals surface area contributed by atoms with Gasteiger partial charge in [-0.15, -0.1) is 0 Å². The van der Waals surface area contributed by atoms with E-state index in [0.717, 1.165) is 5.56 Å². The molecular weight excluding hydrogens is 298 g/mol. The number of hydrogen-bond acceptors (Lipinski definition) is 5. The average molecular weight is 313 g/mol. The molecule has 2 aromatic rings. The van der Waals surface area contributed by atoms with Crippen molar-refractivity contribution < 1.29 is 19.4 Å². The molecule has 0 bridgehead atoms. The van der Waals surface area contributed by atoms with Crippen LogP contribution in [0.5, 0.6) is 5.75 Å². The van der Waals surface area contributed by atoms with Gasteiger partial charge in [-0.25, -0.2) is 10.2 Å². The number of hydrazone groups is 1. The second-order valence-corrected chi connectivity index (χ2v) is 4.60. The molecule has 2 rings (SSSR count). The van der Waals surface area contributed by atoms with Crippen LogP contribution in [0.25, 0.3) is 0 Å². The van der Waals surface area contributed by atoms with Crippen LogP contribution in [-0.2, 0) is 4.79 Å². The number of carboxylic acids is 1.